The summed E-state index contributed by atoms with van der Waals surface area (Å²) in [6.45, 7) is 8.97. The number of aryl methyl sites for hydroxylation is 1. The first-order valence-electron chi connectivity index (χ1n) is 10.4. The monoisotopic (exact) mass is 411 g/mol. The number of benzene rings is 1. The van der Waals surface area contributed by atoms with Gasteiger partial charge in [0.05, 0.1) is 16.8 Å². The number of carbonyl (C=O) groups is 2. The molecule has 1 spiro atoms. The smallest absolute Gasteiger partial charge is 0.231 e. The third-order valence-corrected chi connectivity index (χ3v) is 7.26. The summed E-state index contributed by atoms with van der Waals surface area (Å²) >= 11 is 1.60. The quantitative estimate of drug-likeness (QED) is 0.757. The van der Waals surface area contributed by atoms with Crippen LogP contribution in [-0.4, -0.2) is 52.8 Å². The van der Waals surface area contributed by atoms with E-state index >= 15 is 0 Å². The van der Waals surface area contributed by atoms with E-state index in [1.165, 1.54) is 0 Å². The molecule has 2 saturated heterocycles. The highest BCUT2D eigenvalue weighted by atomic mass is 32.1. The molecule has 1 aromatic heterocycles. The van der Waals surface area contributed by atoms with Crippen molar-refractivity contribution in [2.24, 2.45) is 11.3 Å². The van der Waals surface area contributed by atoms with Gasteiger partial charge in [-0.3, -0.25) is 9.59 Å². The van der Waals surface area contributed by atoms with Crippen LogP contribution < -0.4 is 0 Å². The van der Waals surface area contributed by atoms with Crippen molar-refractivity contribution in [3.05, 3.63) is 52.0 Å². The van der Waals surface area contributed by atoms with Crippen molar-refractivity contribution in [3.63, 3.8) is 0 Å². The molecule has 1 aromatic carbocycles. The normalized spacial score (nSPS) is 24.3. The second-order valence-electron chi connectivity index (χ2n) is 8.85. The summed E-state index contributed by atoms with van der Waals surface area (Å²) in [7, 11) is 0. The van der Waals surface area contributed by atoms with Crippen molar-refractivity contribution >= 4 is 23.2 Å². The maximum Gasteiger partial charge on any atom is 0.231 e. The highest BCUT2D eigenvalue weighted by molar-refractivity contribution is 7.09. The molecule has 154 valence electrons. The lowest BCUT2D eigenvalue weighted by molar-refractivity contribution is -0.137. The molecule has 2 aliphatic heterocycles. The van der Waals surface area contributed by atoms with Gasteiger partial charge in [0.1, 0.15) is 0 Å². The number of amides is 2. The molecular weight excluding hydrogens is 382 g/mol. The molecule has 3 heterocycles. The van der Waals surface area contributed by atoms with Gasteiger partial charge in [-0.15, -0.1) is 11.3 Å². The number of thiazole rings is 1. The Balaban J connectivity index is 1.59. The predicted octanol–water partition coefficient (Wildman–Crippen LogP) is 3.49. The zero-order chi connectivity index (χ0) is 20.6. The Morgan fingerprint density at radius 2 is 2.14 bits per heavy atom. The SMILES string of the molecule is Cc1ccccc1CC(=O)N1CC(c2nccs2)C2(CCN(CC(C)C)C2=O)C1. The van der Waals surface area contributed by atoms with Gasteiger partial charge in [-0.05, 0) is 30.4 Å². The minimum absolute atomic E-state index is 0.00650. The first-order valence-corrected chi connectivity index (χ1v) is 11.3. The van der Waals surface area contributed by atoms with Gasteiger partial charge in [-0.1, -0.05) is 38.1 Å². The fourth-order valence-corrected chi connectivity index (χ4v) is 5.69. The number of carbonyl (C=O) groups excluding carboxylic acids is 2. The predicted molar refractivity (Wildman–Crippen MR) is 115 cm³/mol. The lowest BCUT2D eigenvalue weighted by Gasteiger charge is -2.28. The number of hydrogen-bond donors (Lipinski definition) is 0. The fourth-order valence-electron chi connectivity index (χ4n) is 4.85. The summed E-state index contributed by atoms with van der Waals surface area (Å²) in [5.74, 6) is 0.742. The van der Waals surface area contributed by atoms with Crippen LogP contribution >= 0.6 is 11.3 Å². The first-order chi connectivity index (χ1) is 13.9. The minimum atomic E-state index is -0.520. The Morgan fingerprint density at radius 1 is 1.34 bits per heavy atom. The number of hydrogen-bond acceptors (Lipinski definition) is 4. The van der Waals surface area contributed by atoms with E-state index in [2.05, 4.69) is 18.8 Å². The second kappa shape index (κ2) is 7.90. The molecule has 2 fully saturated rings. The van der Waals surface area contributed by atoms with Gasteiger partial charge in [0.2, 0.25) is 11.8 Å². The molecule has 2 unspecified atom stereocenters. The van der Waals surface area contributed by atoms with Crippen LogP contribution in [0.1, 0.15) is 42.3 Å². The molecule has 2 aliphatic rings. The van der Waals surface area contributed by atoms with Crippen molar-refractivity contribution in [2.75, 3.05) is 26.2 Å². The van der Waals surface area contributed by atoms with E-state index in [9.17, 15) is 9.59 Å². The largest absolute Gasteiger partial charge is 0.342 e. The van der Waals surface area contributed by atoms with Crippen molar-refractivity contribution in [1.29, 1.82) is 0 Å². The van der Waals surface area contributed by atoms with Gasteiger partial charge < -0.3 is 9.80 Å². The van der Waals surface area contributed by atoms with E-state index in [-0.39, 0.29) is 17.7 Å². The fraction of sp³-hybridized carbons (Fsp3) is 0.522. The zero-order valence-corrected chi connectivity index (χ0v) is 18.2. The number of nitrogens with zero attached hydrogens (tertiary/aromatic N) is 3. The van der Waals surface area contributed by atoms with Crippen molar-refractivity contribution in [1.82, 2.24) is 14.8 Å². The Hall–Kier alpha value is -2.21. The van der Waals surface area contributed by atoms with E-state index in [1.54, 1.807) is 17.5 Å². The van der Waals surface area contributed by atoms with Crippen molar-refractivity contribution < 1.29 is 9.59 Å². The summed E-state index contributed by atoms with van der Waals surface area (Å²) in [5.41, 5.74) is 1.67. The highest BCUT2D eigenvalue weighted by Gasteiger charge is 2.58. The van der Waals surface area contributed by atoms with Crippen LogP contribution in [-0.2, 0) is 16.0 Å². The molecular formula is C23H29N3O2S. The Morgan fingerprint density at radius 3 is 2.83 bits per heavy atom. The van der Waals surface area contributed by atoms with Crippen LogP contribution in [0.2, 0.25) is 0 Å². The van der Waals surface area contributed by atoms with Crippen LogP contribution in [0.4, 0.5) is 0 Å². The van der Waals surface area contributed by atoms with Gasteiger partial charge in [0, 0.05) is 43.7 Å². The van der Waals surface area contributed by atoms with E-state index in [4.69, 9.17) is 0 Å². The van der Waals surface area contributed by atoms with Crippen molar-refractivity contribution in [2.45, 2.75) is 39.5 Å². The average molecular weight is 412 g/mol. The first kappa shape index (κ1) is 20.1. The van der Waals surface area contributed by atoms with Crippen LogP contribution in [0, 0.1) is 18.3 Å². The average Bonchev–Trinajstić information content (AvgIpc) is 3.40. The number of rotatable bonds is 5. The van der Waals surface area contributed by atoms with Crippen LogP contribution in [0.15, 0.2) is 35.8 Å². The van der Waals surface area contributed by atoms with E-state index in [0.717, 1.165) is 35.6 Å². The molecule has 6 heteroatoms. The Kier molecular flexibility index (Phi) is 5.47. The summed E-state index contributed by atoms with van der Waals surface area (Å²) < 4.78 is 0. The maximum absolute atomic E-state index is 13.5. The van der Waals surface area contributed by atoms with Crippen molar-refractivity contribution in [3.8, 4) is 0 Å². The summed E-state index contributed by atoms with van der Waals surface area (Å²) in [6.07, 6.45) is 2.99. The van der Waals surface area contributed by atoms with Gasteiger partial charge in [-0.2, -0.15) is 0 Å². The second-order valence-corrected chi connectivity index (χ2v) is 9.78. The highest BCUT2D eigenvalue weighted by Crippen LogP contribution is 2.50. The standard InChI is InChI=1S/C23H29N3O2S/c1-16(2)13-25-10-8-23(22(25)28)15-26(14-19(23)21-24-9-11-29-21)20(27)12-18-7-5-4-6-17(18)3/h4-7,9,11,16,19H,8,10,12-15H2,1-3H3. The summed E-state index contributed by atoms with van der Waals surface area (Å²) in [5, 5.41) is 2.95. The molecule has 0 N–H and O–H groups in total. The van der Waals surface area contributed by atoms with Gasteiger partial charge >= 0.3 is 0 Å². The van der Waals surface area contributed by atoms with Crippen LogP contribution in [0.5, 0.6) is 0 Å². The zero-order valence-electron chi connectivity index (χ0n) is 17.4. The molecule has 0 saturated carbocycles. The molecule has 29 heavy (non-hydrogen) atoms. The molecule has 2 atom stereocenters. The topological polar surface area (TPSA) is 53.5 Å². The lowest BCUT2D eigenvalue weighted by Crippen LogP contribution is -2.41. The van der Waals surface area contributed by atoms with E-state index < -0.39 is 5.41 Å². The van der Waals surface area contributed by atoms with Gasteiger partial charge in [0.25, 0.3) is 0 Å². The number of aromatic nitrogens is 1. The van der Waals surface area contributed by atoms with Crippen LogP contribution in [0.25, 0.3) is 0 Å². The van der Waals surface area contributed by atoms with E-state index in [1.807, 2.05) is 46.4 Å². The maximum atomic E-state index is 13.5. The Bertz CT molecular complexity index is 895. The lowest BCUT2D eigenvalue weighted by atomic mass is 9.77. The molecule has 0 radical (unpaired) electrons. The minimum Gasteiger partial charge on any atom is -0.342 e. The molecule has 0 aliphatic carbocycles. The van der Waals surface area contributed by atoms with E-state index in [0.29, 0.717) is 25.4 Å². The third-order valence-electron chi connectivity index (χ3n) is 6.37. The third kappa shape index (κ3) is 3.70. The summed E-state index contributed by atoms with van der Waals surface area (Å²) in [6, 6.07) is 8.02. The molecule has 0 bridgehead atoms. The molecule has 2 aromatic rings. The molecule has 4 rings (SSSR count). The Labute approximate surface area is 176 Å². The van der Waals surface area contributed by atoms with Gasteiger partial charge in [-0.25, -0.2) is 4.98 Å². The van der Waals surface area contributed by atoms with Crippen LogP contribution in [0.3, 0.4) is 0 Å². The van der Waals surface area contributed by atoms with Gasteiger partial charge in [0.15, 0.2) is 0 Å². The molecule has 2 amide bonds. The number of likely N-dealkylation sites (tertiary alicyclic amines) is 2. The molecule has 5 nitrogen and oxygen atoms in total. The summed E-state index contributed by atoms with van der Waals surface area (Å²) in [4.78, 5) is 35.1.